The summed E-state index contributed by atoms with van der Waals surface area (Å²) in [6.07, 6.45) is 1.49. The number of imide groups is 1. The molecule has 144 valence electrons. The molecule has 1 fully saturated rings. The van der Waals surface area contributed by atoms with E-state index in [4.69, 9.17) is 0 Å². The fraction of sp³-hybridized carbons (Fsp3) is 0.222. The van der Waals surface area contributed by atoms with Crippen LogP contribution < -0.4 is 10.6 Å². The molecule has 1 aliphatic heterocycles. The van der Waals surface area contributed by atoms with Crippen molar-refractivity contribution in [1.29, 1.82) is 0 Å². The lowest BCUT2D eigenvalue weighted by Crippen LogP contribution is -2.42. The van der Waals surface area contributed by atoms with Crippen LogP contribution in [0.4, 0.5) is 16.2 Å². The predicted molar refractivity (Wildman–Crippen MR) is 98.3 cm³/mol. The van der Waals surface area contributed by atoms with Crippen molar-refractivity contribution < 1.29 is 19.3 Å². The van der Waals surface area contributed by atoms with E-state index >= 15 is 0 Å². The third-order valence-electron chi connectivity index (χ3n) is 4.38. The van der Waals surface area contributed by atoms with Crippen LogP contribution in [0.3, 0.4) is 0 Å². The number of aromatic nitrogens is 1. The molecule has 1 aromatic carbocycles. The van der Waals surface area contributed by atoms with E-state index in [1.54, 1.807) is 31.2 Å². The van der Waals surface area contributed by atoms with Crippen molar-refractivity contribution in [3.05, 3.63) is 64.0 Å². The van der Waals surface area contributed by atoms with Crippen molar-refractivity contribution in [2.75, 3.05) is 11.9 Å². The fourth-order valence-corrected chi connectivity index (χ4v) is 2.90. The number of urea groups is 1. The first-order chi connectivity index (χ1) is 13.2. The Labute approximate surface area is 159 Å². The minimum absolute atomic E-state index is 0.0138. The number of nitro benzene ring substituents is 1. The number of aryl methyl sites for hydroxylation is 1. The van der Waals surface area contributed by atoms with Crippen LogP contribution in [0, 0.1) is 17.0 Å². The maximum absolute atomic E-state index is 12.8. The molecular weight excluding hydrogens is 366 g/mol. The molecule has 10 nitrogen and oxygen atoms in total. The Morgan fingerprint density at radius 3 is 2.71 bits per heavy atom. The first-order valence-corrected chi connectivity index (χ1v) is 8.33. The maximum Gasteiger partial charge on any atom is 0.325 e. The number of benzene rings is 1. The summed E-state index contributed by atoms with van der Waals surface area (Å²) in [5.41, 5.74) is -0.687. The average molecular weight is 383 g/mol. The van der Waals surface area contributed by atoms with Crippen LogP contribution in [0.25, 0.3) is 0 Å². The van der Waals surface area contributed by atoms with Gasteiger partial charge < -0.3 is 10.6 Å². The van der Waals surface area contributed by atoms with Gasteiger partial charge in [0.15, 0.2) is 5.54 Å². The molecule has 0 bridgehead atoms. The first-order valence-electron chi connectivity index (χ1n) is 8.33. The lowest BCUT2D eigenvalue weighted by atomic mass is 9.97. The van der Waals surface area contributed by atoms with Crippen LogP contribution in [-0.2, 0) is 15.1 Å². The summed E-state index contributed by atoms with van der Waals surface area (Å²) in [5, 5.41) is 16.1. The molecule has 4 amide bonds. The summed E-state index contributed by atoms with van der Waals surface area (Å²) < 4.78 is 0. The van der Waals surface area contributed by atoms with E-state index in [2.05, 4.69) is 15.6 Å². The second kappa shape index (κ2) is 7.06. The van der Waals surface area contributed by atoms with Gasteiger partial charge in [-0.05, 0) is 37.6 Å². The molecule has 3 rings (SSSR count). The number of rotatable bonds is 5. The normalized spacial score (nSPS) is 18.7. The van der Waals surface area contributed by atoms with Crippen LogP contribution in [0.2, 0.25) is 0 Å². The standard InChI is InChI=1S/C18H17N5O5/c1-11-6-7-12(13(9-11)23(27)28)20-15(24)10-22-16(25)18(2,21-17(22)26)14-5-3-4-8-19-14/h3-9H,10H2,1-2H3,(H,20,24)(H,21,26). The van der Waals surface area contributed by atoms with Crippen LogP contribution in [-0.4, -0.2) is 39.2 Å². The van der Waals surface area contributed by atoms with Crippen LogP contribution in [0.5, 0.6) is 0 Å². The highest BCUT2D eigenvalue weighted by molar-refractivity contribution is 6.10. The second-order valence-corrected chi connectivity index (χ2v) is 6.49. The highest BCUT2D eigenvalue weighted by atomic mass is 16.6. The molecule has 10 heteroatoms. The van der Waals surface area contributed by atoms with Crippen LogP contribution in [0.15, 0.2) is 42.6 Å². The van der Waals surface area contributed by atoms with Gasteiger partial charge in [-0.1, -0.05) is 12.1 Å². The van der Waals surface area contributed by atoms with Gasteiger partial charge in [0.1, 0.15) is 12.2 Å². The lowest BCUT2D eigenvalue weighted by molar-refractivity contribution is -0.384. The van der Waals surface area contributed by atoms with Crippen molar-refractivity contribution in [1.82, 2.24) is 15.2 Å². The number of carbonyl (C=O) groups is 3. The van der Waals surface area contributed by atoms with Gasteiger partial charge in [0, 0.05) is 12.3 Å². The Kier molecular flexibility index (Phi) is 4.78. The zero-order valence-electron chi connectivity index (χ0n) is 15.1. The minimum atomic E-state index is -1.39. The van der Waals surface area contributed by atoms with Crippen LogP contribution >= 0.6 is 0 Å². The first kappa shape index (κ1) is 19.0. The van der Waals surface area contributed by atoms with Gasteiger partial charge in [-0.3, -0.25) is 29.6 Å². The molecule has 1 aliphatic rings. The van der Waals surface area contributed by atoms with E-state index in [0.29, 0.717) is 11.3 Å². The molecule has 28 heavy (non-hydrogen) atoms. The summed E-state index contributed by atoms with van der Waals surface area (Å²) in [5.74, 6) is -1.37. The highest BCUT2D eigenvalue weighted by Crippen LogP contribution is 2.28. The number of nitrogens with zero attached hydrogens (tertiary/aromatic N) is 3. The fourth-order valence-electron chi connectivity index (χ4n) is 2.90. The molecule has 0 spiro atoms. The van der Waals surface area contributed by atoms with Crippen molar-refractivity contribution in [3.63, 3.8) is 0 Å². The summed E-state index contributed by atoms with van der Waals surface area (Å²) in [4.78, 5) is 52.8. The van der Waals surface area contributed by atoms with E-state index in [1.165, 1.54) is 25.3 Å². The number of nitro groups is 1. The molecule has 1 aromatic heterocycles. The SMILES string of the molecule is Cc1ccc(NC(=O)CN2C(=O)NC(C)(c3ccccn3)C2=O)c([N+](=O)[O-])c1. The van der Waals surface area contributed by atoms with E-state index in [9.17, 15) is 24.5 Å². The molecule has 0 saturated carbocycles. The zero-order chi connectivity index (χ0) is 20.5. The highest BCUT2D eigenvalue weighted by Gasteiger charge is 2.50. The van der Waals surface area contributed by atoms with E-state index < -0.39 is 34.9 Å². The molecular formula is C18H17N5O5. The van der Waals surface area contributed by atoms with Gasteiger partial charge in [0.2, 0.25) is 5.91 Å². The van der Waals surface area contributed by atoms with Gasteiger partial charge in [-0.15, -0.1) is 0 Å². The molecule has 1 atom stereocenters. The van der Waals surface area contributed by atoms with Crippen molar-refractivity contribution in [3.8, 4) is 0 Å². The number of pyridine rings is 1. The van der Waals surface area contributed by atoms with Gasteiger partial charge in [0.25, 0.3) is 11.6 Å². The van der Waals surface area contributed by atoms with Gasteiger partial charge >= 0.3 is 6.03 Å². The quantitative estimate of drug-likeness (QED) is 0.458. The number of amides is 4. The number of hydrogen-bond acceptors (Lipinski definition) is 6. The van der Waals surface area contributed by atoms with Crippen LogP contribution in [0.1, 0.15) is 18.2 Å². The van der Waals surface area contributed by atoms with E-state index in [0.717, 1.165) is 4.90 Å². The summed E-state index contributed by atoms with van der Waals surface area (Å²) >= 11 is 0. The predicted octanol–water partition coefficient (Wildman–Crippen LogP) is 1.70. The van der Waals surface area contributed by atoms with Crippen molar-refractivity contribution in [2.24, 2.45) is 0 Å². The Morgan fingerprint density at radius 1 is 1.32 bits per heavy atom. The smallest absolute Gasteiger partial charge is 0.319 e. The number of anilines is 1. The Hall–Kier alpha value is -3.82. The average Bonchev–Trinajstić information content (AvgIpc) is 2.88. The number of nitrogens with one attached hydrogen (secondary N) is 2. The van der Waals surface area contributed by atoms with Gasteiger partial charge in [0.05, 0.1) is 10.6 Å². The largest absolute Gasteiger partial charge is 0.325 e. The monoisotopic (exact) mass is 383 g/mol. The molecule has 0 radical (unpaired) electrons. The molecule has 2 N–H and O–H groups in total. The van der Waals surface area contributed by atoms with E-state index in [1.807, 2.05) is 0 Å². The lowest BCUT2D eigenvalue weighted by Gasteiger charge is -2.20. The van der Waals surface area contributed by atoms with E-state index in [-0.39, 0.29) is 11.4 Å². The van der Waals surface area contributed by atoms with Crippen molar-refractivity contribution >= 4 is 29.2 Å². The summed E-state index contributed by atoms with van der Waals surface area (Å²) in [6, 6.07) is 8.53. The zero-order valence-corrected chi connectivity index (χ0v) is 15.1. The second-order valence-electron chi connectivity index (χ2n) is 6.49. The Morgan fingerprint density at radius 2 is 2.07 bits per heavy atom. The third kappa shape index (κ3) is 3.39. The van der Waals surface area contributed by atoms with Gasteiger partial charge in [-0.2, -0.15) is 0 Å². The molecule has 1 saturated heterocycles. The molecule has 1 unspecified atom stereocenters. The van der Waals surface area contributed by atoms with Crippen molar-refractivity contribution in [2.45, 2.75) is 19.4 Å². The summed E-state index contributed by atoms with van der Waals surface area (Å²) in [7, 11) is 0. The minimum Gasteiger partial charge on any atom is -0.319 e. The summed E-state index contributed by atoms with van der Waals surface area (Å²) in [6.45, 7) is 2.60. The molecule has 2 aromatic rings. The molecule has 2 heterocycles. The van der Waals surface area contributed by atoms with Gasteiger partial charge in [-0.25, -0.2) is 4.79 Å². The number of hydrogen-bond donors (Lipinski definition) is 2. The Bertz CT molecular complexity index is 978. The number of carbonyl (C=O) groups excluding carboxylic acids is 3. The third-order valence-corrected chi connectivity index (χ3v) is 4.38. The molecule has 0 aliphatic carbocycles. The topological polar surface area (TPSA) is 135 Å². The Balaban J connectivity index is 1.77. The maximum atomic E-state index is 12.8.